The normalized spacial score (nSPS) is 30.4. The van der Waals surface area contributed by atoms with E-state index in [2.05, 4.69) is 38.2 Å². The SMILES string of the molecule is c1cc2c(c(N3CCc4c(nc(OCC56CCCN5CCC6)nc4N4C[C@H]5CC[C@@H](C4)N5)C3)c1)C(C1CC1)CC2. The number of ether oxygens (including phenoxy) is 1. The predicted octanol–water partition coefficient (Wildman–Crippen LogP) is 4.43. The summed E-state index contributed by atoms with van der Waals surface area (Å²) in [6, 6.07) is 8.87. The number of rotatable bonds is 6. The molecule has 40 heavy (non-hydrogen) atoms. The number of nitrogens with one attached hydrogen (secondary N) is 1. The van der Waals surface area contributed by atoms with E-state index in [1.54, 1.807) is 11.1 Å². The molecule has 0 radical (unpaired) electrons. The fourth-order valence-corrected chi connectivity index (χ4v) is 9.50. The summed E-state index contributed by atoms with van der Waals surface area (Å²) in [5.74, 6) is 2.85. The van der Waals surface area contributed by atoms with Crippen LogP contribution in [0.2, 0.25) is 0 Å². The number of piperazine rings is 1. The topological polar surface area (TPSA) is 56.8 Å². The largest absolute Gasteiger partial charge is 0.461 e. The molecule has 1 unspecified atom stereocenters. The van der Waals surface area contributed by atoms with E-state index in [9.17, 15) is 0 Å². The summed E-state index contributed by atoms with van der Waals surface area (Å²) >= 11 is 0. The van der Waals surface area contributed by atoms with Gasteiger partial charge in [0.15, 0.2) is 0 Å². The maximum atomic E-state index is 6.61. The lowest BCUT2D eigenvalue weighted by Gasteiger charge is -2.38. The number of benzene rings is 1. The van der Waals surface area contributed by atoms with Crippen molar-refractivity contribution >= 4 is 11.5 Å². The number of aromatic nitrogens is 2. The predicted molar refractivity (Wildman–Crippen MR) is 157 cm³/mol. The van der Waals surface area contributed by atoms with Gasteiger partial charge in [-0.15, -0.1) is 0 Å². The molecule has 0 spiro atoms. The van der Waals surface area contributed by atoms with E-state index in [0.29, 0.717) is 18.1 Å². The summed E-state index contributed by atoms with van der Waals surface area (Å²) in [5, 5.41) is 3.81. The number of nitrogens with zero attached hydrogens (tertiary/aromatic N) is 5. The second-order valence-corrected chi connectivity index (χ2v) is 14.0. The van der Waals surface area contributed by atoms with Crippen molar-refractivity contribution in [1.29, 1.82) is 0 Å². The van der Waals surface area contributed by atoms with Gasteiger partial charge in [-0.2, -0.15) is 9.97 Å². The Morgan fingerprint density at radius 2 is 1.73 bits per heavy atom. The number of anilines is 2. The molecule has 212 valence electrons. The highest BCUT2D eigenvalue weighted by atomic mass is 16.5. The third-order valence-corrected chi connectivity index (χ3v) is 11.6. The third kappa shape index (κ3) is 3.98. The van der Waals surface area contributed by atoms with Gasteiger partial charge in [0.05, 0.1) is 17.8 Å². The lowest BCUT2D eigenvalue weighted by molar-refractivity contribution is 0.107. The average molecular weight is 541 g/mol. The van der Waals surface area contributed by atoms with E-state index in [1.807, 2.05) is 0 Å². The number of hydrogen-bond donors (Lipinski definition) is 1. The van der Waals surface area contributed by atoms with Crippen LogP contribution in [0.1, 0.15) is 86.1 Å². The molecule has 9 rings (SSSR count). The van der Waals surface area contributed by atoms with Crippen LogP contribution in [0, 0.1) is 5.92 Å². The van der Waals surface area contributed by atoms with Gasteiger partial charge in [-0.3, -0.25) is 4.90 Å². The van der Waals surface area contributed by atoms with Gasteiger partial charge in [0.25, 0.3) is 0 Å². The van der Waals surface area contributed by atoms with E-state index >= 15 is 0 Å². The Kier molecular flexibility index (Phi) is 5.65. The Labute approximate surface area is 238 Å². The Bertz CT molecular complexity index is 1290. The van der Waals surface area contributed by atoms with Crippen molar-refractivity contribution in [3.63, 3.8) is 0 Å². The summed E-state index contributed by atoms with van der Waals surface area (Å²) in [6.45, 7) is 7.20. The van der Waals surface area contributed by atoms with E-state index in [0.717, 1.165) is 51.0 Å². The quantitative estimate of drug-likeness (QED) is 0.582. The zero-order valence-corrected chi connectivity index (χ0v) is 23.9. The van der Waals surface area contributed by atoms with Gasteiger partial charge in [-0.1, -0.05) is 12.1 Å². The molecule has 2 aliphatic carbocycles. The van der Waals surface area contributed by atoms with Crippen LogP contribution < -0.4 is 19.9 Å². The van der Waals surface area contributed by atoms with Gasteiger partial charge in [0.1, 0.15) is 12.4 Å². The molecule has 1 aromatic heterocycles. The molecule has 7 aliphatic rings. The molecule has 3 atom stereocenters. The first-order valence-electron chi connectivity index (χ1n) is 16.4. The van der Waals surface area contributed by atoms with Gasteiger partial charge in [-0.25, -0.2) is 0 Å². The fourth-order valence-electron chi connectivity index (χ4n) is 9.50. The van der Waals surface area contributed by atoms with Crippen molar-refractivity contribution in [3.8, 4) is 6.01 Å². The van der Waals surface area contributed by atoms with Crippen LogP contribution in [-0.2, 0) is 19.4 Å². The second kappa shape index (κ2) is 9.32. The van der Waals surface area contributed by atoms with Crippen molar-refractivity contribution < 1.29 is 4.74 Å². The first kappa shape index (κ1) is 24.2. The Morgan fingerprint density at radius 1 is 0.900 bits per heavy atom. The lowest BCUT2D eigenvalue weighted by atomic mass is 9.93. The van der Waals surface area contributed by atoms with Gasteiger partial charge in [0.2, 0.25) is 0 Å². The van der Waals surface area contributed by atoms with Gasteiger partial charge < -0.3 is 19.9 Å². The molecule has 1 N–H and O–H groups in total. The molecule has 2 aromatic rings. The zero-order chi connectivity index (χ0) is 26.3. The van der Waals surface area contributed by atoms with Crippen LogP contribution >= 0.6 is 0 Å². The van der Waals surface area contributed by atoms with Crippen LogP contribution in [-0.4, -0.2) is 71.8 Å². The van der Waals surface area contributed by atoms with Crippen molar-refractivity contribution in [3.05, 3.63) is 40.6 Å². The molecule has 5 aliphatic heterocycles. The molecule has 1 saturated carbocycles. The van der Waals surface area contributed by atoms with Crippen molar-refractivity contribution in [2.75, 3.05) is 49.1 Å². The molecule has 6 heterocycles. The smallest absolute Gasteiger partial charge is 0.318 e. The summed E-state index contributed by atoms with van der Waals surface area (Å²) in [7, 11) is 0. The van der Waals surface area contributed by atoms with Crippen LogP contribution in [0.4, 0.5) is 11.5 Å². The standard InChI is InChI=1S/C33H44N6O/c1-4-23-8-11-26(22-6-7-22)30(23)29(5-1)37-17-12-27-28(20-37)35-32(40-21-33-13-2-15-39(33)16-3-14-33)36-31(27)38-18-24-9-10-25(19-38)34-24/h1,4-5,22,24-26,34H,2-3,6-21H2/t24-,25+,26?. The molecule has 4 saturated heterocycles. The number of aryl methyl sites for hydroxylation is 1. The highest BCUT2D eigenvalue weighted by molar-refractivity contribution is 5.63. The van der Waals surface area contributed by atoms with Crippen molar-refractivity contribution in [2.24, 2.45) is 5.92 Å². The minimum atomic E-state index is 0.210. The maximum absolute atomic E-state index is 6.61. The van der Waals surface area contributed by atoms with Gasteiger partial charge in [0, 0.05) is 43.0 Å². The minimum Gasteiger partial charge on any atom is -0.461 e. The summed E-state index contributed by atoms with van der Waals surface area (Å²) in [5.41, 5.74) is 7.52. The van der Waals surface area contributed by atoms with Crippen molar-refractivity contribution in [1.82, 2.24) is 20.2 Å². The molecule has 2 bridgehead atoms. The Balaban J connectivity index is 1.05. The Morgan fingerprint density at radius 3 is 2.52 bits per heavy atom. The number of fused-ring (bicyclic) bond motifs is 5. The molecule has 7 nitrogen and oxygen atoms in total. The maximum Gasteiger partial charge on any atom is 0.318 e. The van der Waals surface area contributed by atoms with E-state index < -0.39 is 0 Å². The molecular weight excluding hydrogens is 496 g/mol. The third-order valence-electron chi connectivity index (χ3n) is 11.6. The molecular formula is C33H44N6O. The van der Waals surface area contributed by atoms with Gasteiger partial charge >= 0.3 is 6.01 Å². The molecule has 7 heteroatoms. The van der Waals surface area contributed by atoms with Gasteiger partial charge in [-0.05, 0) is 113 Å². The highest BCUT2D eigenvalue weighted by Crippen LogP contribution is 2.52. The first-order valence-corrected chi connectivity index (χ1v) is 16.4. The second-order valence-electron chi connectivity index (χ2n) is 14.0. The Hall–Kier alpha value is -2.38. The van der Waals surface area contributed by atoms with Crippen LogP contribution in [0.25, 0.3) is 0 Å². The number of hydrogen-bond acceptors (Lipinski definition) is 7. The summed E-state index contributed by atoms with van der Waals surface area (Å²) < 4.78 is 6.61. The fraction of sp³-hybridized carbons (Fsp3) is 0.697. The molecule has 0 amide bonds. The average Bonchev–Trinajstić information content (AvgIpc) is 3.27. The highest BCUT2D eigenvalue weighted by Gasteiger charge is 2.45. The van der Waals surface area contributed by atoms with Crippen LogP contribution in [0.5, 0.6) is 6.01 Å². The van der Waals surface area contributed by atoms with Crippen molar-refractivity contribution in [2.45, 2.75) is 101 Å². The summed E-state index contributed by atoms with van der Waals surface area (Å²) in [6.07, 6.45) is 14.1. The summed E-state index contributed by atoms with van der Waals surface area (Å²) in [4.78, 5) is 18.3. The van der Waals surface area contributed by atoms with Crippen LogP contribution in [0.15, 0.2) is 18.2 Å². The van der Waals surface area contributed by atoms with E-state index in [-0.39, 0.29) is 5.54 Å². The minimum absolute atomic E-state index is 0.210. The zero-order valence-electron chi connectivity index (χ0n) is 23.9. The van der Waals surface area contributed by atoms with Crippen LogP contribution in [0.3, 0.4) is 0 Å². The lowest BCUT2D eigenvalue weighted by Crippen LogP contribution is -2.52. The molecule has 5 fully saturated rings. The van der Waals surface area contributed by atoms with E-state index in [4.69, 9.17) is 14.7 Å². The van der Waals surface area contributed by atoms with E-state index in [1.165, 1.54) is 100 Å². The molecule has 1 aromatic carbocycles. The monoisotopic (exact) mass is 540 g/mol. The first-order chi connectivity index (χ1) is 19.7.